The van der Waals surface area contributed by atoms with Crippen LogP contribution in [0.2, 0.25) is 0 Å². The fourth-order valence-corrected chi connectivity index (χ4v) is 11.1. The second-order valence-corrected chi connectivity index (χ2v) is 23.2. The summed E-state index contributed by atoms with van der Waals surface area (Å²) < 4.78 is 125. The number of rotatable bonds is 5. The molecule has 6 aromatic rings. The summed E-state index contributed by atoms with van der Waals surface area (Å²) in [5, 5.41) is 38.2. The van der Waals surface area contributed by atoms with E-state index >= 15 is 0 Å². The topological polar surface area (TPSA) is 512 Å². The molecule has 4 aliphatic carbocycles. The van der Waals surface area contributed by atoms with Crippen LogP contribution in [0.5, 0.6) is 23.0 Å². The number of aromatic hydroxyl groups is 4. The summed E-state index contributed by atoms with van der Waals surface area (Å²) in [6.45, 7) is 3.54. The Balaban J connectivity index is 0.000000172. The van der Waals surface area contributed by atoms with Crippen LogP contribution >= 0.6 is 0 Å². The smallest absolute Gasteiger partial charge is 0.362 e. The van der Waals surface area contributed by atoms with Crippen LogP contribution < -0.4 is 0 Å². The van der Waals surface area contributed by atoms with Crippen molar-refractivity contribution in [3.8, 4) is 34.1 Å². The largest absolute Gasteiger partial charge is 0.508 e. The number of hydrogen-bond acceptors (Lipinski definition) is 16. The number of allylic oxidation sites excluding steroid dienone is 4. The van der Waals surface area contributed by atoms with E-state index in [0.29, 0.717) is 16.7 Å². The highest BCUT2D eigenvalue weighted by atomic mass is 32.2. The number of benzene rings is 6. The minimum absolute atomic E-state index is 0.0652. The first-order valence-electron chi connectivity index (χ1n) is 23.5. The number of nitrogens with zero attached hydrogens (tertiary/aromatic N) is 8. The molecule has 0 heterocycles. The predicted molar refractivity (Wildman–Crippen MR) is 301 cm³/mol. The van der Waals surface area contributed by atoms with Crippen LogP contribution in [0.15, 0.2) is 141 Å². The van der Waals surface area contributed by atoms with Crippen LogP contribution in [-0.4, -0.2) is 137 Å². The van der Waals surface area contributed by atoms with Gasteiger partial charge in [0.1, 0.15) is 25.3 Å². The maximum atomic E-state index is 11.7. The Labute approximate surface area is 485 Å². The Bertz CT molecular complexity index is 4320. The standard InChI is InChI=1S/C14H14O4.4C10H6N2O4S/c1-7-6-12(16)8(2)5-10(7)9-3-4-11(15)14(18)13(9)17;4*11-12-8-5-4-6-7(10(8)13)2-1-3-9(6)17(14,15)16/h3-6,15-18H,1-2H3;4*1-5H,(H,14,15,16). The predicted octanol–water partition coefficient (Wildman–Crippen LogP) is 6.05. The van der Waals surface area contributed by atoms with Crippen molar-refractivity contribution in [1.29, 1.82) is 0 Å². The minimum Gasteiger partial charge on any atom is -0.508 e. The number of phenolic OH excluding ortho intramolecular Hbond substituents is 4. The van der Waals surface area contributed by atoms with Gasteiger partial charge in [-0.15, -0.1) is 0 Å². The molecule has 0 bridgehead atoms. The van der Waals surface area contributed by atoms with Gasteiger partial charge in [-0.3, -0.25) is 37.4 Å². The highest BCUT2D eigenvalue weighted by molar-refractivity contribution is 7.86. The summed E-state index contributed by atoms with van der Waals surface area (Å²) >= 11 is 0. The van der Waals surface area contributed by atoms with Gasteiger partial charge < -0.3 is 42.6 Å². The Morgan fingerprint density at radius 1 is 0.326 bits per heavy atom. The van der Waals surface area contributed by atoms with Crippen molar-refractivity contribution in [2.45, 2.75) is 33.4 Å². The van der Waals surface area contributed by atoms with E-state index in [4.69, 9.17) is 40.3 Å². The van der Waals surface area contributed by atoms with Gasteiger partial charge in [0.05, 0.1) is 0 Å². The zero-order valence-corrected chi connectivity index (χ0v) is 46.8. The zero-order chi connectivity index (χ0) is 64.0. The lowest BCUT2D eigenvalue weighted by Crippen LogP contribution is -2.19. The molecule has 32 heteroatoms. The van der Waals surface area contributed by atoms with Crippen LogP contribution in [0.25, 0.3) is 57.6 Å². The van der Waals surface area contributed by atoms with Crippen LogP contribution in [0.3, 0.4) is 0 Å². The molecule has 10 rings (SSSR count). The lowest BCUT2D eigenvalue weighted by Gasteiger charge is -2.12. The monoisotopic (exact) mass is 1250 g/mol. The summed E-state index contributed by atoms with van der Waals surface area (Å²) in [5.74, 6) is -3.51. The van der Waals surface area contributed by atoms with Crippen molar-refractivity contribution in [3.05, 3.63) is 199 Å². The van der Waals surface area contributed by atoms with Gasteiger partial charge in [-0.2, -0.15) is 52.8 Å². The van der Waals surface area contributed by atoms with Crippen LogP contribution in [0, 0.1) is 13.8 Å². The molecule has 0 unspecified atom stereocenters. The fourth-order valence-electron chi connectivity index (χ4n) is 8.25. The number of aryl methyl sites for hydroxylation is 2. The fraction of sp³-hybridized carbons (Fsp3) is 0.0370. The third kappa shape index (κ3) is 13.9. The van der Waals surface area contributed by atoms with Crippen molar-refractivity contribution < 1.29 is 111 Å². The van der Waals surface area contributed by atoms with Crippen molar-refractivity contribution in [3.63, 3.8) is 0 Å². The third-order valence-corrected chi connectivity index (χ3v) is 16.0. The zero-order valence-electron chi connectivity index (χ0n) is 43.5. The van der Waals surface area contributed by atoms with E-state index in [1.807, 2.05) is 0 Å². The van der Waals surface area contributed by atoms with Crippen LogP contribution in [-0.2, 0) is 40.5 Å². The molecule has 0 fully saturated rings. The summed E-state index contributed by atoms with van der Waals surface area (Å²) in [5.41, 5.74) is 36.7. The summed E-state index contributed by atoms with van der Waals surface area (Å²) in [6.07, 6.45) is 9.92. The van der Waals surface area contributed by atoms with Gasteiger partial charge in [0.15, 0.2) is 11.5 Å². The molecular weight excluding hydrogens is 1210 g/mol. The van der Waals surface area contributed by atoms with Gasteiger partial charge in [-0.1, -0.05) is 48.5 Å². The lowest BCUT2D eigenvalue weighted by molar-refractivity contribution is -0.00459. The highest BCUT2D eigenvalue weighted by Crippen LogP contribution is 2.44. The van der Waals surface area contributed by atoms with E-state index in [9.17, 15) is 73.3 Å². The quantitative estimate of drug-likeness (QED) is 0.0421. The van der Waals surface area contributed by atoms with Crippen LogP contribution in [0.4, 0.5) is 0 Å². The van der Waals surface area contributed by atoms with E-state index in [0.717, 1.165) is 5.56 Å². The SMILES string of the molecule is Cc1cc(-c2ccc(O)c(O)c2O)c(C)cc1O.[N-]=[N+]=C1C=Cc2c(cccc2S(=O)(=O)O)C1=O.[N-]=[N+]=C1C=Cc2c(cccc2S(=O)(=O)O)C1=O.[N-]=[N+]=C1C=Cc2c(cccc2S(=O)(=O)O)C1=O.[N-]=[N+]=C1C=Cc2c(cccc2S(=O)(=O)O)C1=O. The average Bonchev–Trinajstić information content (AvgIpc) is 1.21. The lowest BCUT2D eigenvalue weighted by atomic mass is 9.95. The van der Waals surface area contributed by atoms with E-state index in [1.165, 1.54) is 134 Å². The molecule has 0 amide bonds. The molecule has 28 nitrogen and oxygen atoms in total. The van der Waals surface area contributed by atoms with Crippen LogP contribution in [0.1, 0.15) is 74.8 Å². The van der Waals surface area contributed by atoms with Gasteiger partial charge in [0.2, 0.25) is 5.75 Å². The van der Waals surface area contributed by atoms with Crippen molar-refractivity contribution >= 4 is 111 Å². The minimum atomic E-state index is -4.40. The normalized spacial score (nSPS) is 13.6. The molecule has 0 saturated carbocycles. The first-order chi connectivity index (χ1) is 40.2. The van der Waals surface area contributed by atoms with Crippen molar-refractivity contribution in [2.75, 3.05) is 0 Å². The third-order valence-electron chi connectivity index (χ3n) is 12.3. The van der Waals surface area contributed by atoms with Crippen molar-refractivity contribution in [2.24, 2.45) is 0 Å². The molecule has 0 atom stereocenters. The maximum absolute atomic E-state index is 11.7. The molecule has 6 aromatic carbocycles. The molecule has 0 aromatic heterocycles. The molecule has 0 spiro atoms. The molecule has 4 aliphatic rings. The van der Waals surface area contributed by atoms with E-state index in [1.54, 1.807) is 26.0 Å². The maximum Gasteiger partial charge on any atom is 0.362 e. The van der Waals surface area contributed by atoms with Gasteiger partial charge in [-0.25, -0.2) is 0 Å². The van der Waals surface area contributed by atoms with Crippen molar-refractivity contribution in [1.82, 2.24) is 0 Å². The number of hydrogen-bond donors (Lipinski definition) is 8. The Morgan fingerprint density at radius 3 is 0.860 bits per heavy atom. The first-order valence-corrected chi connectivity index (χ1v) is 29.2. The van der Waals surface area contributed by atoms with Gasteiger partial charge in [0.25, 0.3) is 63.6 Å². The number of carbonyl (C=O) groups excluding carboxylic acids is 4. The molecule has 0 radical (unpaired) electrons. The average molecular weight is 1250 g/mol. The number of carbonyl (C=O) groups is 4. The number of fused-ring (bicyclic) bond motifs is 4. The molecule has 0 saturated heterocycles. The highest BCUT2D eigenvalue weighted by Gasteiger charge is 2.33. The van der Waals surface area contributed by atoms with Gasteiger partial charge >= 0.3 is 22.8 Å². The Kier molecular flexibility index (Phi) is 19.1. The number of ketones is 4. The Hall–Kier alpha value is -10.7. The summed E-state index contributed by atoms with van der Waals surface area (Å²) in [7, 11) is -17.6. The van der Waals surface area contributed by atoms with E-state index < -0.39 is 69.4 Å². The Morgan fingerprint density at radius 2 is 0.605 bits per heavy atom. The summed E-state index contributed by atoms with van der Waals surface area (Å²) in [6, 6.07) is 21.8. The van der Waals surface area contributed by atoms with Gasteiger partial charge in [0, 0.05) is 74.4 Å². The molecule has 8 N–H and O–H groups in total. The van der Waals surface area contributed by atoms with Gasteiger partial charge in [-0.05, 0) is 103 Å². The number of phenols is 4. The van der Waals surface area contributed by atoms with E-state index in [-0.39, 0.29) is 104 Å². The molecule has 86 heavy (non-hydrogen) atoms. The first kappa shape index (κ1) is 64.5. The summed E-state index contributed by atoms with van der Waals surface area (Å²) in [4.78, 5) is 56.6. The molecule has 0 aliphatic heterocycles. The molecule has 438 valence electrons. The number of Topliss-reactive ketones (excluding diaryl/α,β-unsaturated/α-hetero) is 4. The second-order valence-electron chi connectivity index (χ2n) is 17.6. The second kappa shape index (κ2) is 25.4. The molecular formula is C54H38N8O20S4. The van der Waals surface area contributed by atoms with E-state index in [2.05, 4.69) is 19.2 Å².